The van der Waals surface area contributed by atoms with E-state index in [-0.39, 0.29) is 23.5 Å². The molecular weight excluding hydrogens is 378 g/mol. The molecule has 0 saturated heterocycles. The van der Waals surface area contributed by atoms with E-state index in [1.54, 1.807) is 7.11 Å². The summed E-state index contributed by atoms with van der Waals surface area (Å²) in [6.07, 6.45) is 2.36. The first kappa shape index (κ1) is 20.2. The van der Waals surface area contributed by atoms with Gasteiger partial charge in [-0.15, -0.1) is 0 Å². The van der Waals surface area contributed by atoms with Gasteiger partial charge in [0, 0.05) is 30.0 Å². The second-order valence-corrected chi connectivity index (χ2v) is 7.92. The molecule has 2 aliphatic rings. The van der Waals surface area contributed by atoms with Gasteiger partial charge in [-0.25, -0.2) is 0 Å². The summed E-state index contributed by atoms with van der Waals surface area (Å²) in [7, 11) is 1.64. The third-order valence-electron chi connectivity index (χ3n) is 5.88. The average molecular weight is 405 g/mol. The number of ether oxygens (including phenoxy) is 2. The second-order valence-electron chi connectivity index (χ2n) is 7.92. The van der Waals surface area contributed by atoms with Gasteiger partial charge in [0.2, 0.25) is 5.91 Å². The molecule has 2 atom stereocenters. The number of amides is 1. The number of rotatable bonds is 6. The summed E-state index contributed by atoms with van der Waals surface area (Å²) in [5.41, 5.74) is 3.61. The van der Waals surface area contributed by atoms with Gasteiger partial charge in [-0.2, -0.15) is 0 Å². The molecule has 1 aliphatic heterocycles. The van der Waals surface area contributed by atoms with E-state index < -0.39 is 0 Å². The Morgan fingerprint density at radius 1 is 0.900 bits per heavy atom. The highest BCUT2D eigenvalue weighted by Crippen LogP contribution is 2.42. The fraction of sp³-hybridized carbons (Fsp3) is 0.360. The average Bonchev–Trinajstić information content (AvgIpc) is 2.77. The molecule has 0 fully saturated rings. The maximum Gasteiger partial charge on any atom is 0.225 e. The fourth-order valence-electron chi connectivity index (χ4n) is 4.37. The molecule has 0 spiro atoms. The summed E-state index contributed by atoms with van der Waals surface area (Å²) in [5, 5.41) is 2.98. The first-order chi connectivity index (χ1) is 14.6. The van der Waals surface area contributed by atoms with Crippen LogP contribution in [0.15, 0.2) is 59.8 Å². The monoisotopic (exact) mass is 405 g/mol. The molecule has 2 aromatic carbocycles. The number of benzene rings is 2. The molecule has 1 amide bonds. The van der Waals surface area contributed by atoms with Crippen LogP contribution in [0.5, 0.6) is 11.5 Å². The lowest BCUT2D eigenvalue weighted by Gasteiger charge is -2.34. The van der Waals surface area contributed by atoms with Crippen molar-refractivity contribution in [3.8, 4) is 11.5 Å². The summed E-state index contributed by atoms with van der Waals surface area (Å²) >= 11 is 0. The lowest BCUT2D eigenvalue weighted by atomic mass is 9.73. The zero-order valence-electron chi connectivity index (χ0n) is 17.4. The third kappa shape index (κ3) is 4.11. The number of allylic oxidation sites excluding steroid dienone is 2. The van der Waals surface area contributed by atoms with E-state index in [9.17, 15) is 9.59 Å². The summed E-state index contributed by atoms with van der Waals surface area (Å²) in [6, 6.07) is 15.6. The van der Waals surface area contributed by atoms with Crippen LogP contribution in [0, 0.1) is 0 Å². The van der Waals surface area contributed by atoms with Crippen LogP contribution in [0.1, 0.15) is 55.6 Å². The highest BCUT2D eigenvalue weighted by molar-refractivity contribution is 6.02. The van der Waals surface area contributed by atoms with Crippen molar-refractivity contribution in [2.45, 2.75) is 44.4 Å². The van der Waals surface area contributed by atoms with Crippen molar-refractivity contribution in [3.05, 3.63) is 70.9 Å². The molecule has 30 heavy (non-hydrogen) atoms. The minimum Gasteiger partial charge on any atom is -0.497 e. The van der Waals surface area contributed by atoms with Crippen LogP contribution >= 0.6 is 0 Å². The Kier molecular flexibility index (Phi) is 5.88. The number of carbonyl (C=O) groups excluding carboxylic acids is 2. The molecule has 5 heteroatoms. The molecule has 0 radical (unpaired) electrons. The van der Waals surface area contributed by atoms with E-state index in [4.69, 9.17) is 9.47 Å². The van der Waals surface area contributed by atoms with Gasteiger partial charge in [0.1, 0.15) is 11.5 Å². The maximum absolute atomic E-state index is 13.2. The van der Waals surface area contributed by atoms with Crippen LogP contribution < -0.4 is 14.8 Å². The van der Waals surface area contributed by atoms with Gasteiger partial charge in [-0.05, 0) is 54.2 Å². The van der Waals surface area contributed by atoms with Crippen molar-refractivity contribution < 1.29 is 19.1 Å². The number of ketones is 1. The highest BCUT2D eigenvalue weighted by atomic mass is 16.5. The Labute approximate surface area is 177 Å². The van der Waals surface area contributed by atoms with E-state index in [1.807, 2.05) is 48.5 Å². The number of carbonyl (C=O) groups is 2. The molecular formula is C25H27NO4. The number of nitrogens with one attached hydrogen (secondary N) is 1. The molecule has 1 heterocycles. The van der Waals surface area contributed by atoms with Crippen molar-refractivity contribution in [1.82, 2.24) is 5.32 Å². The van der Waals surface area contributed by atoms with Crippen LogP contribution in [-0.4, -0.2) is 25.4 Å². The molecule has 0 saturated carbocycles. The van der Waals surface area contributed by atoms with Gasteiger partial charge in [0.25, 0.3) is 0 Å². The second kappa shape index (κ2) is 8.74. The van der Waals surface area contributed by atoms with Crippen LogP contribution in [-0.2, 0) is 9.59 Å². The van der Waals surface area contributed by atoms with Gasteiger partial charge >= 0.3 is 0 Å². The number of methoxy groups -OCH3 is 1. The summed E-state index contributed by atoms with van der Waals surface area (Å²) in [6.45, 7) is 2.74. The molecule has 1 N–H and O–H groups in total. The Bertz CT molecular complexity index is 960. The van der Waals surface area contributed by atoms with Crippen LogP contribution in [0.4, 0.5) is 0 Å². The molecule has 0 aromatic heterocycles. The molecule has 1 aliphatic carbocycles. The predicted molar refractivity (Wildman–Crippen MR) is 115 cm³/mol. The van der Waals surface area contributed by atoms with Crippen molar-refractivity contribution in [3.63, 3.8) is 0 Å². The number of Topliss-reactive ketones (excluding diaryl/α,β-unsaturated/α-hetero) is 1. The largest absolute Gasteiger partial charge is 0.497 e. The quantitative estimate of drug-likeness (QED) is 0.769. The van der Waals surface area contributed by atoms with E-state index >= 15 is 0 Å². The highest BCUT2D eigenvalue weighted by Gasteiger charge is 2.38. The van der Waals surface area contributed by atoms with E-state index in [0.29, 0.717) is 25.9 Å². The zero-order valence-corrected chi connectivity index (χ0v) is 17.4. The van der Waals surface area contributed by atoms with Crippen molar-refractivity contribution >= 4 is 11.7 Å². The van der Waals surface area contributed by atoms with Crippen molar-refractivity contribution in [1.29, 1.82) is 0 Å². The van der Waals surface area contributed by atoms with Gasteiger partial charge in [-0.1, -0.05) is 31.2 Å². The Morgan fingerprint density at radius 2 is 1.57 bits per heavy atom. The van der Waals surface area contributed by atoms with E-state index in [0.717, 1.165) is 40.3 Å². The normalized spacial score (nSPS) is 21.1. The van der Waals surface area contributed by atoms with E-state index in [1.165, 1.54) is 0 Å². The minimum atomic E-state index is -0.196. The number of hydrogen-bond donors (Lipinski definition) is 1. The molecule has 0 unspecified atom stereocenters. The SMILES string of the molecule is CCCOc1ccc([C@@H]2CC(=O)NC3=C2C(=O)C[C@H](c2ccc(OC)cc2)C3)cc1. The third-order valence-corrected chi connectivity index (χ3v) is 5.88. The summed E-state index contributed by atoms with van der Waals surface area (Å²) in [4.78, 5) is 25.6. The van der Waals surface area contributed by atoms with E-state index in [2.05, 4.69) is 12.2 Å². The van der Waals surface area contributed by atoms with Gasteiger partial charge in [-0.3, -0.25) is 9.59 Å². The zero-order chi connectivity index (χ0) is 21.1. The Balaban J connectivity index is 1.60. The smallest absolute Gasteiger partial charge is 0.225 e. The molecule has 2 aromatic rings. The van der Waals surface area contributed by atoms with Crippen molar-refractivity contribution in [2.24, 2.45) is 0 Å². The Hall–Kier alpha value is -3.08. The standard InChI is InChI=1S/C25H27NO4/c1-3-12-30-20-10-6-17(7-11-20)21-15-24(28)26-22-13-18(14-23(27)25(21)22)16-4-8-19(29-2)9-5-16/h4-11,18,21H,3,12-15H2,1-2H3,(H,26,28)/t18-,21+/m1/s1. The molecule has 4 rings (SSSR count). The van der Waals surface area contributed by atoms with Crippen LogP contribution in [0.3, 0.4) is 0 Å². The summed E-state index contributed by atoms with van der Waals surface area (Å²) in [5.74, 6) is 1.55. The predicted octanol–water partition coefficient (Wildman–Crippen LogP) is 4.49. The fourth-order valence-corrected chi connectivity index (χ4v) is 4.37. The minimum absolute atomic E-state index is 0.0340. The van der Waals surface area contributed by atoms with Gasteiger partial charge in [0.15, 0.2) is 5.78 Å². The topological polar surface area (TPSA) is 64.6 Å². The Morgan fingerprint density at radius 3 is 2.23 bits per heavy atom. The van der Waals surface area contributed by atoms with Gasteiger partial charge < -0.3 is 14.8 Å². The molecule has 0 bridgehead atoms. The first-order valence-electron chi connectivity index (χ1n) is 10.5. The van der Waals surface area contributed by atoms with Crippen LogP contribution in [0.2, 0.25) is 0 Å². The number of hydrogen-bond acceptors (Lipinski definition) is 4. The summed E-state index contributed by atoms with van der Waals surface area (Å²) < 4.78 is 10.9. The molecule has 156 valence electrons. The maximum atomic E-state index is 13.2. The van der Waals surface area contributed by atoms with Crippen LogP contribution in [0.25, 0.3) is 0 Å². The first-order valence-corrected chi connectivity index (χ1v) is 10.5. The molecule has 5 nitrogen and oxygen atoms in total. The van der Waals surface area contributed by atoms with Gasteiger partial charge in [0.05, 0.1) is 13.7 Å². The lowest BCUT2D eigenvalue weighted by molar-refractivity contribution is -0.122. The van der Waals surface area contributed by atoms with Crippen molar-refractivity contribution in [2.75, 3.05) is 13.7 Å². The lowest BCUT2D eigenvalue weighted by Crippen LogP contribution is -2.38.